The van der Waals surface area contributed by atoms with Gasteiger partial charge in [-0.15, -0.1) is 0 Å². The van der Waals surface area contributed by atoms with Gasteiger partial charge in [0.05, 0.1) is 17.2 Å². The normalized spacial score (nSPS) is 12.8. The van der Waals surface area contributed by atoms with Gasteiger partial charge in [0, 0.05) is 6.20 Å². The molecule has 0 atom stereocenters. The lowest BCUT2D eigenvalue weighted by atomic mass is 10.5. The first-order valence-corrected chi connectivity index (χ1v) is 9.53. The number of H-pyrrole nitrogens is 1. The summed E-state index contributed by atoms with van der Waals surface area (Å²) in [6, 6.07) is 1.91. The molecule has 6 N–H and O–H groups in total. The molecule has 0 aliphatic heterocycles. The Hall–Kier alpha value is -0.970. The zero-order chi connectivity index (χ0) is 17.0. The van der Waals surface area contributed by atoms with Crippen molar-refractivity contribution in [3.63, 3.8) is 0 Å². The molecule has 0 aromatic carbocycles. The Kier molecular flexibility index (Phi) is 6.13. The molecule has 0 unspecified atom stereocenters. The summed E-state index contributed by atoms with van der Waals surface area (Å²) in [5, 5.41) is 0. The van der Waals surface area contributed by atoms with E-state index in [2.05, 4.69) is 23.6 Å². The minimum Gasteiger partial charge on any atom is -0.359 e. The number of hydrogen-bond acceptors (Lipinski definition) is 7. The van der Waals surface area contributed by atoms with Crippen LogP contribution in [0.5, 0.6) is 0 Å². The van der Waals surface area contributed by atoms with Gasteiger partial charge in [0.1, 0.15) is 6.33 Å². The summed E-state index contributed by atoms with van der Waals surface area (Å²) in [6.45, 7) is 0. The molecule has 2 aromatic heterocycles. The number of rotatable bonds is 4. The molecular weight excluding hydrogens is 367 g/mol. The fourth-order valence-corrected chi connectivity index (χ4v) is 3.62. The van der Waals surface area contributed by atoms with Crippen LogP contribution < -0.4 is 0 Å². The van der Waals surface area contributed by atoms with Gasteiger partial charge in [0.2, 0.25) is 0 Å². The molecule has 0 fully saturated rings. The summed E-state index contributed by atoms with van der Waals surface area (Å²) >= 11 is 0. The van der Waals surface area contributed by atoms with Gasteiger partial charge in [-0.2, -0.15) is 8.62 Å². The van der Waals surface area contributed by atoms with Gasteiger partial charge >= 0.3 is 23.5 Å². The van der Waals surface area contributed by atoms with Gasteiger partial charge in [0.15, 0.2) is 0 Å². The average Bonchev–Trinajstić information content (AvgIpc) is 2.70. The second kappa shape index (κ2) is 7.07. The quantitative estimate of drug-likeness (QED) is 0.396. The maximum atomic E-state index is 10.4. The largest absolute Gasteiger partial charge is 0.490 e. The van der Waals surface area contributed by atoms with Crippen LogP contribution in [0.4, 0.5) is 0 Å². The smallest absolute Gasteiger partial charge is 0.359 e. The van der Waals surface area contributed by atoms with E-state index in [0.717, 1.165) is 11.0 Å². The number of aromatic nitrogens is 3. The minimum atomic E-state index is -5.46. The predicted molar refractivity (Wildman–Crippen MR) is 70.0 cm³/mol. The lowest BCUT2D eigenvalue weighted by molar-refractivity contribution is 0.204. The summed E-state index contributed by atoms with van der Waals surface area (Å²) in [5.74, 6) is 0. The van der Waals surface area contributed by atoms with E-state index in [1.807, 2.05) is 12.3 Å². The van der Waals surface area contributed by atoms with Crippen LogP contribution in [0, 0.1) is 0 Å². The summed E-state index contributed by atoms with van der Waals surface area (Å²) in [4.78, 5) is 51.0. The van der Waals surface area contributed by atoms with Crippen molar-refractivity contribution in [2.45, 2.75) is 0 Å². The lowest BCUT2D eigenvalue weighted by Gasteiger charge is -2.11. The van der Waals surface area contributed by atoms with Crippen LogP contribution in [-0.2, 0) is 22.3 Å². The monoisotopic (exact) mass is 377 g/mol. The Bertz CT molecular complexity index is 706. The molecule has 13 nitrogen and oxygen atoms in total. The van der Waals surface area contributed by atoms with E-state index in [4.69, 9.17) is 24.5 Å². The Morgan fingerprint density at radius 3 is 2.00 bits per heavy atom. The highest BCUT2D eigenvalue weighted by Crippen LogP contribution is 2.64. The Balaban J connectivity index is 0.000000231. The molecule has 22 heavy (non-hydrogen) atoms. The minimum absolute atomic E-state index is 0.963. The highest BCUT2D eigenvalue weighted by molar-refractivity contribution is 7.66. The van der Waals surface area contributed by atoms with Crippen LogP contribution in [0.25, 0.3) is 11.0 Å². The predicted octanol–water partition coefficient (Wildman–Crippen LogP) is 0.263. The third kappa shape index (κ3) is 7.87. The van der Waals surface area contributed by atoms with Crippen molar-refractivity contribution in [3.8, 4) is 0 Å². The van der Waals surface area contributed by atoms with E-state index < -0.39 is 23.5 Å². The second-order valence-electron chi connectivity index (χ2n) is 3.41. The topological polar surface area (TPSA) is 212 Å². The fourth-order valence-electron chi connectivity index (χ4n) is 1.08. The molecule has 2 rings (SSSR count). The van der Waals surface area contributed by atoms with Crippen LogP contribution in [-0.4, -0.2) is 39.4 Å². The standard InChI is InChI=1S/C6H5N3.H5O10P3/c1-2-8-6-3-7-4-9-5(1)6;1-11(2,3)9-13(7,8)10-12(4,5)6/h1-4,8H;(H,7,8)(H2,1,2,3)(H2,4,5,6). The van der Waals surface area contributed by atoms with Crippen LogP contribution in [0.15, 0.2) is 24.8 Å². The molecule has 0 saturated heterocycles. The Labute approximate surface area is 122 Å². The van der Waals surface area contributed by atoms with Crippen molar-refractivity contribution in [2.75, 3.05) is 0 Å². The maximum absolute atomic E-state index is 10.4. The third-order valence-electron chi connectivity index (χ3n) is 1.64. The molecule has 2 aromatic rings. The van der Waals surface area contributed by atoms with Gasteiger partial charge in [-0.25, -0.2) is 23.7 Å². The summed E-state index contributed by atoms with van der Waals surface area (Å²) in [7, 11) is -16.2. The molecule has 0 aliphatic rings. The van der Waals surface area contributed by atoms with Crippen molar-refractivity contribution in [3.05, 3.63) is 24.8 Å². The SMILES string of the molecule is O=P(O)(O)OP(=O)(O)OP(=O)(O)O.c1ncc2[nH]ccc2n1. The van der Waals surface area contributed by atoms with Gasteiger partial charge in [0.25, 0.3) is 0 Å². The van der Waals surface area contributed by atoms with Gasteiger partial charge < -0.3 is 29.5 Å². The van der Waals surface area contributed by atoms with E-state index in [0.29, 0.717) is 0 Å². The summed E-state index contributed by atoms with van der Waals surface area (Å²) < 4.78 is 36.4. The van der Waals surface area contributed by atoms with Crippen molar-refractivity contribution in [1.29, 1.82) is 0 Å². The zero-order valence-corrected chi connectivity index (χ0v) is 13.0. The molecule has 124 valence electrons. The van der Waals surface area contributed by atoms with Crippen LogP contribution >= 0.6 is 23.5 Å². The number of aromatic amines is 1. The van der Waals surface area contributed by atoms with Crippen LogP contribution in [0.3, 0.4) is 0 Å². The fraction of sp³-hybridized carbons (Fsp3) is 0. The molecule has 0 radical (unpaired) electrons. The molecule has 0 amide bonds. The number of hydrogen-bond donors (Lipinski definition) is 6. The molecular formula is C6H10N3O10P3. The number of nitrogens with one attached hydrogen (secondary N) is 1. The zero-order valence-electron chi connectivity index (χ0n) is 10.3. The van der Waals surface area contributed by atoms with Crippen molar-refractivity contribution in [2.24, 2.45) is 0 Å². The number of nitrogens with zero attached hydrogens (tertiary/aromatic N) is 2. The Morgan fingerprint density at radius 1 is 1.00 bits per heavy atom. The van der Waals surface area contributed by atoms with E-state index >= 15 is 0 Å². The maximum Gasteiger partial charge on any atom is 0.490 e. The van der Waals surface area contributed by atoms with E-state index in [-0.39, 0.29) is 0 Å². The van der Waals surface area contributed by atoms with Gasteiger partial charge in [-0.3, -0.25) is 0 Å². The van der Waals surface area contributed by atoms with Crippen LogP contribution in [0.1, 0.15) is 0 Å². The number of phosphoric acid groups is 3. The lowest BCUT2D eigenvalue weighted by Crippen LogP contribution is -1.91. The molecule has 2 heterocycles. The molecule has 0 spiro atoms. The third-order valence-corrected chi connectivity index (χ3v) is 4.99. The number of fused-ring (bicyclic) bond motifs is 1. The summed E-state index contributed by atoms with van der Waals surface area (Å²) in [6.07, 6.45) is 5.14. The molecule has 0 bridgehead atoms. The molecule has 16 heteroatoms. The van der Waals surface area contributed by atoms with Crippen molar-refractivity contribution >= 4 is 34.5 Å². The van der Waals surface area contributed by atoms with Crippen molar-refractivity contribution < 1.29 is 46.8 Å². The van der Waals surface area contributed by atoms with Crippen molar-refractivity contribution in [1.82, 2.24) is 15.0 Å². The van der Waals surface area contributed by atoms with E-state index in [1.165, 1.54) is 6.33 Å². The summed E-state index contributed by atoms with van der Waals surface area (Å²) in [5.41, 5.74) is 1.95. The Morgan fingerprint density at radius 2 is 1.55 bits per heavy atom. The van der Waals surface area contributed by atoms with E-state index in [1.54, 1.807) is 6.20 Å². The average molecular weight is 377 g/mol. The van der Waals surface area contributed by atoms with Gasteiger partial charge in [-0.1, -0.05) is 0 Å². The molecule has 0 aliphatic carbocycles. The van der Waals surface area contributed by atoms with Gasteiger partial charge in [-0.05, 0) is 6.07 Å². The highest BCUT2D eigenvalue weighted by Gasteiger charge is 2.38. The van der Waals surface area contributed by atoms with E-state index in [9.17, 15) is 13.7 Å². The first-order chi connectivity index (χ1) is 9.88. The highest BCUT2D eigenvalue weighted by atomic mass is 31.3. The first kappa shape index (κ1) is 19.1. The molecule has 0 saturated carbocycles. The second-order valence-corrected chi connectivity index (χ2v) is 7.62. The van der Waals surface area contributed by atoms with Crippen LogP contribution in [0.2, 0.25) is 0 Å². The first-order valence-electron chi connectivity index (χ1n) is 4.98.